The number of benzene rings is 1. The second-order valence-electron chi connectivity index (χ2n) is 3.88. The molecule has 0 aromatic heterocycles. The molecule has 0 unspecified atom stereocenters. The van der Waals surface area contributed by atoms with Crippen LogP contribution in [0.3, 0.4) is 0 Å². The number of nitrogen functional groups attached to an aromatic ring is 1. The number of anilines is 2. The molecule has 0 heterocycles. The average Bonchev–Trinajstić information content (AvgIpc) is 2.24. The fourth-order valence-electron chi connectivity index (χ4n) is 1.68. The Bertz CT molecular complexity index is 311. The zero-order valence-electron chi connectivity index (χ0n) is 9.62. The van der Waals surface area contributed by atoms with Crippen LogP contribution in [0.2, 0.25) is 5.02 Å². The summed E-state index contributed by atoms with van der Waals surface area (Å²) in [6.07, 6.45) is 2.90. The molecule has 1 aromatic rings. The monoisotopic (exact) mass is 242 g/mol. The molecule has 0 aliphatic heterocycles. The molecule has 0 aliphatic carbocycles. The first-order valence-electron chi connectivity index (χ1n) is 5.52. The summed E-state index contributed by atoms with van der Waals surface area (Å²) in [7, 11) is 1.98. The molecule has 0 saturated carbocycles. The maximum absolute atomic E-state index is 8.68. The van der Waals surface area contributed by atoms with E-state index in [1.165, 1.54) is 0 Å². The van der Waals surface area contributed by atoms with Gasteiger partial charge >= 0.3 is 0 Å². The van der Waals surface area contributed by atoms with Gasteiger partial charge in [-0.05, 0) is 31.4 Å². The van der Waals surface area contributed by atoms with Crippen molar-refractivity contribution in [2.45, 2.75) is 19.3 Å². The second-order valence-corrected chi connectivity index (χ2v) is 4.29. The van der Waals surface area contributed by atoms with Crippen molar-refractivity contribution >= 4 is 23.0 Å². The van der Waals surface area contributed by atoms with Crippen LogP contribution in [0, 0.1) is 0 Å². The largest absolute Gasteiger partial charge is 0.397 e. The van der Waals surface area contributed by atoms with Crippen LogP contribution in [0.4, 0.5) is 11.4 Å². The lowest BCUT2D eigenvalue weighted by molar-refractivity contribution is 0.283. The number of rotatable bonds is 6. The van der Waals surface area contributed by atoms with Crippen molar-refractivity contribution in [3.63, 3.8) is 0 Å². The molecule has 3 N–H and O–H groups in total. The molecule has 0 saturated heterocycles. The maximum atomic E-state index is 8.68. The summed E-state index contributed by atoms with van der Waals surface area (Å²) in [6.45, 7) is 1.16. The molecule has 4 heteroatoms. The lowest BCUT2D eigenvalue weighted by atomic mass is 10.2. The fourth-order valence-corrected chi connectivity index (χ4v) is 2.01. The minimum atomic E-state index is 0.262. The number of aliphatic hydroxyl groups is 1. The van der Waals surface area contributed by atoms with Crippen molar-refractivity contribution in [3.8, 4) is 0 Å². The van der Waals surface area contributed by atoms with Crippen molar-refractivity contribution in [2.24, 2.45) is 0 Å². The molecule has 0 bridgehead atoms. The first-order valence-corrected chi connectivity index (χ1v) is 5.90. The van der Waals surface area contributed by atoms with Gasteiger partial charge in [0.1, 0.15) is 0 Å². The minimum Gasteiger partial charge on any atom is -0.397 e. The van der Waals surface area contributed by atoms with Crippen LogP contribution in [0.1, 0.15) is 19.3 Å². The molecule has 16 heavy (non-hydrogen) atoms. The Morgan fingerprint density at radius 3 is 2.69 bits per heavy atom. The van der Waals surface area contributed by atoms with Crippen LogP contribution in [0.25, 0.3) is 0 Å². The second kappa shape index (κ2) is 6.61. The van der Waals surface area contributed by atoms with Gasteiger partial charge in [-0.3, -0.25) is 0 Å². The first kappa shape index (κ1) is 13.1. The highest BCUT2D eigenvalue weighted by atomic mass is 35.5. The Labute approximate surface area is 102 Å². The molecule has 0 atom stereocenters. The van der Waals surface area contributed by atoms with Gasteiger partial charge in [0.25, 0.3) is 0 Å². The molecule has 0 spiro atoms. The van der Waals surface area contributed by atoms with Gasteiger partial charge < -0.3 is 15.7 Å². The van der Waals surface area contributed by atoms with Crippen molar-refractivity contribution in [1.29, 1.82) is 0 Å². The van der Waals surface area contributed by atoms with Gasteiger partial charge in [-0.25, -0.2) is 0 Å². The fraction of sp³-hybridized carbons (Fsp3) is 0.500. The lowest BCUT2D eigenvalue weighted by Crippen LogP contribution is -2.20. The zero-order valence-corrected chi connectivity index (χ0v) is 10.4. The van der Waals surface area contributed by atoms with Crippen LogP contribution < -0.4 is 10.6 Å². The minimum absolute atomic E-state index is 0.262. The van der Waals surface area contributed by atoms with E-state index >= 15 is 0 Å². The molecule has 0 fully saturated rings. The highest BCUT2D eigenvalue weighted by Gasteiger charge is 2.08. The van der Waals surface area contributed by atoms with E-state index in [1.807, 2.05) is 25.2 Å². The molecular formula is C12H19ClN2O. The maximum Gasteiger partial charge on any atom is 0.0786 e. The van der Waals surface area contributed by atoms with Crippen LogP contribution in [-0.2, 0) is 0 Å². The van der Waals surface area contributed by atoms with Crippen molar-refractivity contribution in [2.75, 3.05) is 30.8 Å². The number of halogens is 1. The van der Waals surface area contributed by atoms with E-state index in [2.05, 4.69) is 4.90 Å². The smallest absolute Gasteiger partial charge is 0.0786 e. The van der Waals surface area contributed by atoms with Crippen molar-refractivity contribution < 1.29 is 5.11 Å². The molecule has 90 valence electrons. The summed E-state index contributed by atoms with van der Waals surface area (Å²) in [5, 5.41) is 9.37. The van der Waals surface area contributed by atoms with Gasteiger partial charge in [0.2, 0.25) is 0 Å². The number of aliphatic hydroxyl groups excluding tert-OH is 1. The van der Waals surface area contributed by atoms with E-state index in [1.54, 1.807) is 0 Å². The number of hydrogen-bond donors (Lipinski definition) is 2. The summed E-state index contributed by atoms with van der Waals surface area (Å²) in [6, 6.07) is 5.55. The summed E-state index contributed by atoms with van der Waals surface area (Å²) in [5.74, 6) is 0. The summed E-state index contributed by atoms with van der Waals surface area (Å²) < 4.78 is 0. The van der Waals surface area contributed by atoms with E-state index in [-0.39, 0.29) is 6.61 Å². The van der Waals surface area contributed by atoms with Gasteiger partial charge in [-0.2, -0.15) is 0 Å². The third-order valence-corrected chi connectivity index (χ3v) is 2.86. The van der Waals surface area contributed by atoms with E-state index in [0.717, 1.165) is 31.5 Å². The Balaban J connectivity index is 2.55. The van der Waals surface area contributed by atoms with Crippen LogP contribution >= 0.6 is 11.6 Å². The first-order chi connectivity index (χ1) is 7.66. The molecule has 0 radical (unpaired) electrons. The standard InChI is InChI=1S/C12H19ClN2O/c1-15(8-3-2-4-9-16)12-10(13)6-5-7-11(12)14/h5-7,16H,2-4,8-9,14H2,1H3. The van der Waals surface area contributed by atoms with Crippen LogP contribution in [-0.4, -0.2) is 25.3 Å². The van der Waals surface area contributed by atoms with Crippen molar-refractivity contribution in [3.05, 3.63) is 23.2 Å². The third kappa shape index (κ3) is 3.58. The Morgan fingerprint density at radius 2 is 2.06 bits per heavy atom. The predicted octanol–water partition coefficient (Wildman–Crippen LogP) is 2.52. The van der Waals surface area contributed by atoms with Gasteiger partial charge in [0, 0.05) is 20.2 Å². The normalized spacial score (nSPS) is 10.4. The Morgan fingerprint density at radius 1 is 1.31 bits per heavy atom. The molecular weight excluding hydrogens is 224 g/mol. The van der Waals surface area contributed by atoms with Crippen molar-refractivity contribution in [1.82, 2.24) is 0 Å². The van der Waals surface area contributed by atoms with Gasteiger partial charge in [-0.15, -0.1) is 0 Å². The number of hydrogen-bond acceptors (Lipinski definition) is 3. The number of nitrogens with two attached hydrogens (primary N) is 1. The van der Waals surface area contributed by atoms with Crippen LogP contribution in [0.5, 0.6) is 0 Å². The van der Waals surface area contributed by atoms with Gasteiger partial charge in [0.05, 0.1) is 16.4 Å². The van der Waals surface area contributed by atoms with E-state index < -0.39 is 0 Å². The van der Waals surface area contributed by atoms with E-state index in [4.69, 9.17) is 22.4 Å². The summed E-state index contributed by atoms with van der Waals surface area (Å²) in [4.78, 5) is 2.06. The van der Waals surface area contributed by atoms with E-state index in [9.17, 15) is 0 Å². The Kier molecular flexibility index (Phi) is 5.43. The highest BCUT2D eigenvalue weighted by Crippen LogP contribution is 2.30. The quantitative estimate of drug-likeness (QED) is 0.595. The third-order valence-electron chi connectivity index (χ3n) is 2.55. The highest BCUT2D eigenvalue weighted by molar-refractivity contribution is 6.33. The zero-order chi connectivity index (χ0) is 12.0. The summed E-state index contributed by atoms with van der Waals surface area (Å²) in [5.41, 5.74) is 7.49. The van der Waals surface area contributed by atoms with E-state index in [0.29, 0.717) is 10.7 Å². The summed E-state index contributed by atoms with van der Waals surface area (Å²) >= 11 is 6.10. The topological polar surface area (TPSA) is 49.5 Å². The Hall–Kier alpha value is -0.930. The number of unbranched alkanes of at least 4 members (excludes halogenated alkanes) is 2. The lowest BCUT2D eigenvalue weighted by Gasteiger charge is -2.22. The molecule has 3 nitrogen and oxygen atoms in total. The SMILES string of the molecule is CN(CCCCCO)c1c(N)cccc1Cl. The number of nitrogens with zero attached hydrogens (tertiary/aromatic N) is 1. The van der Waals surface area contributed by atoms with Gasteiger partial charge in [-0.1, -0.05) is 17.7 Å². The molecule has 0 amide bonds. The average molecular weight is 243 g/mol. The molecule has 0 aliphatic rings. The molecule has 1 aromatic carbocycles. The molecule has 1 rings (SSSR count). The predicted molar refractivity (Wildman–Crippen MR) is 70.1 cm³/mol. The van der Waals surface area contributed by atoms with Gasteiger partial charge in [0.15, 0.2) is 0 Å². The van der Waals surface area contributed by atoms with Crippen LogP contribution in [0.15, 0.2) is 18.2 Å². The number of para-hydroxylation sites is 1.